The summed E-state index contributed by atoms with van der Waals surface area (Å²) in [5.41, 5.74) is 2.10. The Morgan fingerprint density at radius 2 is 1.72 bits per heavy atom. The number of amides is 1. The van der Waals surface area contributed by atoms with Crippen LogP contribution in [-0.4, -0.2) is 18.0 Å². The van der Waals surface area contributed by atoms with Crippen molar-refractivity contribution in [1.29, 1.82) is 0 Å². The number of para-hydroxylation sites is 1. The molecule has 1 N–H and O–H groups in total. The lowest BCUT2D eigenvalue weighted by molar-refractivity contribution is 0.102. The molecule has 0 aliphatic heterocycles. The monoisotopic (exact) mass is 328 g/mol. The van der Waals surface area contributed by atoms with Crippen LogP contribution in [0.25, 0.3) is 21.7 Å². The van der Waals surface area contributed by atoms with Crippen molar-refractivity contribution in [2.24, 2.45) is 0 Å². The molecule has 3 aromatic carbocycles. The standard InChI is InChI=1S/C21H16N2O2/c1-25-19-9-5-4-8-17(19)21(24)23-18-12-13-22-20-15-7-3-2-6-14(15)10-11-16(18)20/h2-13H,1H3,(H,22,23,24). The van der Waals surface area contributed by atoms with E-state index in [-0.39, 0.29) is 5.91 Å². The Balaban J connectivity index is 1.79. The van der Waals surface area contributed by atoms with Crippen LogP contribution >= 0.6 is 0 Å². The third-order valence-electron chi connectivity index (χ3n) is 4.24. The van der Waals surface area contributed by atoms with Crippen molar-refractivity contribution < 1.29 is 9.53 Å². The second kappa shape index (κ2) is 6.24. The summed E-state index contributed by atoms with van der Waals surface area (Å²) in [4.78, 5) is 17.2. The minimum Gasteiger partial charge on any atom is -0.496 e. The number of hydrogen-bond acceptors (Lipinski definition) is 3. The molecule has 0 radical (unpaired) electrons. The van der Waals surface area contributed by atoms with Gasteiger partial charge < -0.3 is 10.1 Å². The molecular weight excluding hydrogens is 312 g/mol. The van der Waals surface area contributed by atoms with Gasteiger partial charge in [0, 0.05) is 17.0 Å². The molecule has 0 spiro atoms. The molecule has 4 rings (SSSR count). The summed E-state index contributed by atoms with van der Waals surface area (Å²) in [6.07, 6.45) is 1.71. The van der Waals surface area contributed by atoms with Crippen molar-refractivity contribution in [3.05, 3.63) is 78.5 Å². The summed E-state index contributed by atoms with van der Waals surface area (Å²) in [7, 11) is 1.56. The predicted molar refractivity (Wildman–Crippen MR) is 100 cm³/mol. The first-order chi connectivity index (χ1) is 12.3. The van der Waals surface area contributed by atoms with Crippen LogP contribution < -0.4 is 10.1 Å². The number of benzene rings is 3. The number of hydrogen-bond donors (Lipinski definition) is 1. The van der Waals surface area contributed by atoms with Gasteiger partial charge in [-0.15, -0.1) is 0 Å². The van der Waals surface area contributed by atoms with E-state index >= 15 is 0 Å². The lowest BCUT2D eigenvalue weighted by Crippen LogP contribution is -2.13. The summed E-state index contributed by atoms with van der Waals surface area (Å²) in [5.74, 6) is 0.335. The number of anilines is 1. The number of nitrogens with zero attached hydrogens (tertiary/aromatic N) is 1. The minimum atomic E-state index is -0.210. The van der Waals surface area contributed by atoms with Crippen molar-refractivity contribution in [3.63, 3.8) is 0 Å². The maximum atomic E-state index is 12.7. The van der Waals surface area contributed by atoms with E-state index < -0.39 is 0 Å². The first-order valence-corrected chi connectivity index (χ1v) is 7.99. The Kier molecular flexibility index (Phi) is 3.78. The van der Waals surface area contributed by atoms with E-state index in [1.165, 1.54) is 0 Å². The summed E-state index contributed by atoms with van der Waals surface area (Å²) >= 11 is 0. The average Bonchev–Trinajstić information content (AvgIpc) is 2.68. The first kappa shape index (κ1) is 15.1. The van der Waals surface area contributed by atoms with Crippen LogP contribution in [0.5, 0.6) is 5.75 Å². The zero-order chi connectivity index (χ0) is 17.2. The molecule has 1 aromatic heterocycles. The molecular formula is C21H16N2O2. The highest BCUT2D eigenvalue weighted by Gasteiger charge is 2.13. The van der Waals surface area contributed by atoms with Crippen molar-refractivity contribution in [2.75, 3.05) is 12.4 Å². The molecule has 0 bridgehead atoms. The Bertz CT molecular complexity index is 1090. The zero-order valence-corrected chi connectivity index (χ0v) is 13.7. The number of methoxy groups -OCH3 is 1. The van der Waals surface area contributed by atoms with Gasteiger partial charge in [0.05, 0.1) is 23.9 Å². The smallest absolute Gasteiger partial charge is 0.259 e. The molecule has 0 atom stereocenters. The fourth-order valence-electron chi connectivity index (χ4n) is 3.02. The quantitative estimate of drug-likeness (QED) is 0.557. The Labute approximate surface area is 145 Å². The second-order valence-corrected chi connectivity index (χ2v) is 5.70. The number of carbonyl (C=O) groups is 1. The second-order valence-electron chi connectivity index (χ2n) is 5.70. The number of rotatable bonds is 3. The van der Waals surface area contributed by atoms with Crippen molar-refractivity contribution in [2.45, 2.75) is 0 Å². The van der Waals surface area contributed by atoms with Gasteiger partial charge in [-0.25, -0.2) is 0 Å². The van der Waals surface area contributed by atoms with E-state index in [4.69, 9.17) is 4.74 Å². The molecule has 0 aliphatic rings. The molecule has 4 nitrogen and oxygen atoms in total. The van der Waals surface area contributed by atoms with Gasteiger partial charge >= 0.3 is 0 Å². The van der Waals surface area contributed by atoms with Crippen molar-refractivity contribution in [1.82, 2.24) is 4.98 Å². The highest BCUT2D eigenvalue weighted by Crippen LogP contribution is 2.29. The van der Waals surface area contributed by atoms with Gasteiger partial charge in [0.15, 0.2) is 0 Å². The van der Waals surface area contributed by atoms with Gasteiger partial charge in [-0.1, -0.05) is 48.5 Å². The SMILES string of the molecule is COc1ccccc1C(=O)Nc1ccnc2c1ccc1ccccc12. The summed E-state index contributed by atoms with van der Waals surface area (Å²) in [6.45, 7) is 0. The van der Waals surface area contributed by atoms with Crippen LogP contribution in [0.15, 0.2) is 72.9 Å². The van der Waals surface area contributed by atoms with Crippen LogP contribution in [0.4, 0.5) is 5.69 Å². The zero-order valence-electron chi connectivity index (χ0n) is 13.7. The molecule has 4 heteroatoms. The van der Waals surface area contributed by atoms with Crippen LogP contribution in [0, 0.1) is 0 Å². The molecule has 25 heavy (non-hydrogen) atoms. The number of fused-ring (bicyclic) bond motifs is 3. The van der Waals surface area contributed by atoms with E-state index in [9.17, 15) is 4.79 Å². The van der Waals surface area contributed by atoms with Crippen molar-refractivity contribution in [3.8, 4) is 5.75 Å². The number of nitrogens with one attached hydrogen (secondary N) is 1. The average molecular weight is 328 g/mol. The number of pyridine rings is 1. The fraction of sp³-hybridized carbons (Fsp3) is 0.0476. The summed E-state index contributed by atoms with van der Waals surface area (Å²) in [5, 5.41) is 6.07. The van der Waals surface area contributed by atoms with Crippen LogP contribution in [0.3, 0.4) is 0 Å². The van der Waals surface area contributed by atoms with Crippen LogP contribution in [0.1, 0.15) is 10.4 Å². The highest BCUT2D eigenvalue weighted by molar-refractivity contribution is 6.14. The van der Waals surface area contributed by atoms with Gasteiger partial charge in [-0.05, 0) is 23.6 Å². The molecule has 0 aliphatic carbocycles. The lowest BCUT2D eigenvalue weighted by atomic mass is 10.0. The van der Waals surface area contributed by atoms with E-state index in [1.807, 2.05) is 48.5 Å². The number of carbonyl (C=O) groups excluding carboxylic acids is 1. The third-order valence-corrected chi connectivity index (χ3v) is 4.24. The van der Waals surface area contributed by atoms with E-state index in [0.29, 0.717) is 11.3 Å². The fourth-order valence-corrected chi connectivity index (χ4v) is 3.02. The Hall–Kier alpha value is -3.40. The molecule has 4 aromatic rings. The first-order valence-electron chi connectivity index (χ1n) is 7.99. The highest BCUT2D eigenvalue weighted by atomic mass is 16.5. The molecule has 1 heterocycles. The van der Waals surface area contributed by atoms with Crippen molar-refractivity contribution >= 4 is 33.3 Å². The lowest BCUT2D eigenvalue weighted by Gasteiger charge is -2.12. The van der Waals surface area contributed by atoms with E-state index in [0.717, 1.165) is 27.4 Å². The maximum absolute atomic E-state index is 12.7. The van der Waals surface area contributed by atoms with Gasteiger partial charge in [-0.3, -0.25) is 9.78 Å². The third kappa shape index (κ3) is 2.68. The van der Waals surface area contributed by atoms with Crippen LogP contribution in [0.2, 0.25) is 0 Å². The van der Waals surface area contributed by atoms with E-state index in [1.54, 1.807) is 25.4 Å². The normalized spacial score (nSPS) is 10.8. The minimum absolute atomic E-state index is 0.210. The maximum Gasteiger partial charge on any atom is 0.259 e. The largest absolute Gasteiger partial charge is 0.496 e. The number of aromatic nitrogens is 1. The molecule has 0 saturated heterocycles. The van der Waals surface area contributed by atoms with Gasteiger partial charge in [0.1, 0.15) is 5.75 Å². The molecule has 0 saturated carbocycles. The molecule has 0 fully saturated rings. The Morgan fingerprint density at radius 3 is 2.60 bits per heavy atom. The predicted octanol–water partition coefficient (Wildman–Crippen LogP) is 4.65. The van der Waals surface area contributed by atoms with Gasteiger partial charge in [0.2, 0.25) is 0 Å². The number of ether oxygens (including phenoxy) is 1. The molecule has 1 amide bonds. The topological polar surface area (TPSA) is 51.2 Å². The molecule has 122 valence electrons. The van der Waals surface area contributed by atoms with Gasteiger partial charge in [0.25, 0.3) is 5.91 Å². The van der Waals surface area contributed by atoms with Gasteiger partial charge in [-0.2, -0.15) is 0 Å². The Morgan fingerprint density at radius 1 is 0.920 bits per heavy atom. The molecule has 0 unspecified atom stereocenters. The van der Waals surface area contributed by atoms with E-state index in [2.05, 4.69) is 16.4 Å². The summed E-state index contributed by atoms with van der Waals surface area (Å²) in [6, 6.07) is 21.1. The van der Waals surface area contributed by atoms with Crippen LogP contribution in [-0.2, 0) is 0 Å². The summed E-state index contributed by atoms with van der Waals surface area (Å²) < 4.78 is 5.28.